The minimum Gasteiger partial charge on any atom is -0.459 e. The van der Waals surface area contributed by atoms with Crippen LogP contribution in [0.3, 0.4) is 0 Å². The van der Waals surface area contributed by atoms with Gasteiger partial charge in [0.2, 0.25) is 5.91 Å². The standard InChI is InChI=1S/C37H47ClN4O7/c1-9-22-17-23-13-11-10-12-16-41-31(43)25-15-14-24(38)19-26(25)39-34(41)47-28-20-42(29(21(28)2)33(45)49-37(6,7)8)32(44)30(36(3,4)5)40-35(46)48-27(23)18-22/h1,10,12,14-15,19,21-23,27-30H,11,13,16-18,20H2,2-8H3,(H,40,46)/b12-10+/t21-,22-,23-,27-,28+,29+,30-/m1/s1. The number of benzene rings is 1. The Morgan fingerprint density at radius 1 is 1.08 bits per heavy atom. The number of carbonyl (C=O) groups excluding carboxylic acids is 3. The number of hydrogen-bond acceptors (Lipinski definition) is 8. The molecule has 1 aromatic carbocycles. The number of ether oxygens (including phenoxy) is 3. The quantitative estimate of drug-likeness (QED) is 0.235. The largest absolute Gasteiger partial charge is 0.459 e. The summed E-state index contributed by atoms with van der Waals surface area (Å²) in [7, 11) is 0. The molecule has 2 amide bonds. The number of aromatic nitrogens is 2. The highest BCUT2D eigenvalue weighted by molar-refractivity contribution is 6.31. The molecule has 2 aliphatic heterocycles. The van der Waals surface area contributed by atoms with Crippen LogP contribution in [0.25, 0.3) is 10.9 Å². The zero-order valence-electron chi connectivity index (χ0n) is 29.3. The number of alkyl carbamates (subject to hydrolysis) is 1. The van der Waals surface area contributed by atoms with Crippen LogP contribution >= 0.6 is 11.6 Å². The van der Waals surface area contributed by atoms with E-state index in [1.807, 2.05) is 32.9 Å². The van der Waals surface area contributed by atoms with E-state index in [4.69, 9.17) is 37.2 Å². The lowest BCUT2D eigenvalue weighted by molar-refractivity contribution is -0.165. The Morgan fingerprint density at radius 2 is 1.82 bits per heavy atom. The molecule has 11 nitrogen and oxygen atoms in total. The Morgan fingerprint density at radius 3 is 2.49 bits per heavy atom. The Hall–Kier alpha value is -4.04. The van der Waals surface area contributed by atoms with Crippen molar-refractivity contribution in [3.05, 3.63) is 45.7 Å². The van der Waals surface area contributed by atoms with E-state index in [1.54, 1.807) is 45.9 Å². The molecular formula is C37H47ClN4O7. The van der Waals surface area contributed by atoms with Crippen LogP contribution in [0.4, 0.5) is 4.79 Å². The Balaban J connectivity index is 1.61. The summed E-state index contributed by atoms with van der Waals surface area (Å²) in [6.45, 7) is 12.7. The van der Waals surface area contributed by atoms with Gasteiger partial charge < -0.3 is 24.4 Å². The highest BCUT2D eigenvalue weighted by Crippen LogP contribution is 2.37. The summed E-state index contributed by atoms with van der Waals surface area (Å²) in [6, 6.07) is 2.81. The van der Waals surface area contributed by atoms with Crippen LogP contribution in [-0.2, 0) is 25.6 Å². The van der Waals surface area contributed by atoms with Crippen LogP contribution in [0.2, 0.25) is 5.02 Å². The lowest BCUT2D eigenvalue weighted by Gasteiger charge is -2.36. The lowest BCUT2D eigenvalue weighted by atomic mass is 9.85. The van der Waals surface area contributed by atoms with E-state index in [0.717, 1.165) is 0 Å². The van der Waals surface area contributed by atoms with Crippen molar-refractivity contribution in [1.29, 1.82) is 0 Å². The molecule has 1 aromatic heterocycles. The molecule has 0 spiro atoms. The lowest BCUT2D eigenvalue weighted by Crippen LogP contribution is -2.58. The van der Waals surface area contributed by atoms with Crippen molar-refractivity contribution in [3.63, 3.8) is 0 Å². The van der Waals surface area contributed by atoms with Gasteiger partial charge in [-0.05, 0) is 76.0 Å². The summed E-state index contributed by atoms with van der Waals surface area (Å²) in [5.74, 6) is 1.13. The van der Waals surface area contributed by atoms with E-state index in [2.05, 4.69) is 11.2 Å². The van der Waals surface area contributed by atoms with E-state index in [-0.39, 0.29) is 36.5 Å². The maximum atomic E-state index is 14.5. The fourth-order valence-corrected chi connectivity index (χ4v) is 7.15. The van der Waals surface area contributed by atoms with E-state index in [0.29, 0.717) is 41.6 Å². The number of allylic oxidation sites excluding steroid dienone is 2. The van der Waals surface area contributed by atoms with Crippen LogP contribution in [0.1, 0.15) is 74.1 Å². The normalized spacial score (nSPS) is 29.0. The summed E-state index contributed by atoms with van der Waals surface area (Å²) in [6.07, 6.45) is 10.4. The zero-order chi connectivity index (χ0) is 35.8. The number of hydrogen-bond donors (Lipinski definition) is 1. The second-order valence-electron chi connectivity index (χ2n) is 15.5. The molecule has 1 N–H and O–H groups in total. The minimum absolute atomic E-state index is 0.0181. The molecular weight excluding hydrogens is 648 g/mol. The number of esters is 1. The Bertz CT molecular complexity index is 1730. The van der Waals surface area contributed by atoms with Gasteiger partial charge in [-0.2, -0.15) is 4.98 Å². The Labute approximate surface area is 292 Å². The van der Waals surface area contributed by atoms with Gasteiger partial charge in [0.05, 0.1) is 17.4 Å². The van der Waals surface area contributed by atoms with Crippen LogP contribution in [0, 0.1) is 35.5 Å². The molecule has 1 saturated carbocycles. The summed E-state index contributed by atoms with van der Waals surface area (Å²) in [4.78, 5) is 61.7. The van der Waals surface area contributed by atoms with E-state index >= 15 is 0 Å². The highest BCUT2D eigenvalue weighted by atomic mass is 35.5. The second kappa shape index (κ2) is 14.1. The molecule has 7 atom stereocenters. The molecule has 3 aliphatic rings. The third-order valence-electron chi connectivity index (χ3n) is 9.53. The van der Waals surface area contributed by atoms with Gasteiger partial charge in [0, 0.05) is 23.4 Å². The molecule has 3 heterocycles. The number of nitrogens with zero attached hydrogens (tertiary/aromatic N) is 3. The summed E-state index contributed by atoms with van der Waals surface area (Å²) in [5.41, 5.74) is -1.54. The van der Waals surface area contributed by atoms with Gasteiger partial charge in [0.15, 0.2) is 0 Å². The summed E-state index contributed by atoms with van der Waals surface area (Å²) >= 11 is 6.27. The molecule has 0 unspecified atom stereocenters. The van der Waals surface area contributed by atoms with Crippen molar-refractivity contribution in [2.75, 3.05) is 6.54 Å². The smallest absolute Gasteiger partial charge is 0.408 e. The van der Waals surface area contributed by atoms with Gasteiger partial charge >= 0.3 is 12.1 Å². The molecule has 5 rings (SSSR count). The first-order chi connectivity index (χ1) is 23.0. The fourth-order valence-electron chi connectivity index (χ4n) is 6.98. The van der Waals surface area contributed by atoms with Crippen molar-refractivity contribution >= 4 is 40.5 Å². The second-order valence-corrected chi connectivity index (χ2v) is 15.9. The third kappa shape index (κ3) is 8.07. The molecule has 0 radical (unpaired) electrons. The molecule has 264 valence electrons. The molecule has 1 saturated heterocycles. The summed E-state index contributed by atoms with van der Waals surface area (Å²) < 4.78 is 19.7. The third-order valence-corrected chi connectivity index (χ3v) is 9.76. The monoisotopic (exact) mass is 694 g/mol. The van der Waals surface area contributed by atoms with E-state index in [9.17, 15) is 19.2 Å². The zero-order valence-corrected chi connectivity index (χ0v) is 30.1. The fraction of sp³-hybridized carbons (Fsp3) is 0.595. The van der Waals surface area contributed by atoms with Crippen LogP contribution in [0.15, 0.2) is 35.1 Å². The predicted octanol–water partition coefficient (Wildman–Crippen LogP) is 5.50. The number of nitrogens with one attached hydrogen (secondary N) is 1. The molecule has 2 fully saturated rings. The average Bonchev–Trinajstić information content (AvgIpc) is 3.54. The topological polar surface area (TPSA) is 129 Å². The van der Waals surface area contributed by atoms with Gasteiger partial charge in [-0.3, -0.25) is 14.2 Å². The highest BCUT2D eigenvalue weighted by Gasteiger charge is 2.51. The Kier molecular flexibility index (Phi) is 10.4. The van der Waals surface area contributed by atoms with E-state index in [1.165, 1.54) is 9.47 Å². The van der Waals surface area contributed by atoms with Gasteiger partial charge in [0.1, 0.15) is 29.9 Å². The number of halogens is 1. The van der Waals surface area contributed by atoms with Crippen LogP contribution in [-0.4, -0.2) is 68.9 Å². The van der Waals surface area contributed by atoms with Gasteiger partial charge in [-0.15, -0.1) is 12.3 Å². The van der Waals surface area contributed by atoms with Crippen LogP contribution in [0.5, 0.6) is 6.01 Å². The number of carbonyl (C=O) groups is 3. The van der Waals surface area contributed by atoms with E-state index < -0.39 is 59.2 Å². The van der Waals surface area contributed by atoms with Crippen molar-refractivity contribution < 1.29 is 28.6 Å². The number of terminal acetylenes is 1. The van der Waals surface area contributed by atoms with Crippen molar-refractivity contribution in [3.8, 4) is 18.4 Å². The molecule has 2 bridgehead atoms. The first kappa shape index (κ1) is 36.2. The molecule has 1 aliphatic carbocycles. The van der Waals surface area contributed by atoms with Crippen LogP contribution < -0.4 is 15.6 Å². The van der Waals surface area contributed by atoms with Crippen molar-refractivity contribution in [2.24, 2.45) is 23.2 Å². The van der Waals surface area contributed by atoms with Crippen molar-refractivity contribution in [1.82, 2.24) is 19.8 Å². The number of amides is 2. The first-order valence-corrected chi connectivity index (χ1v) is 17.3. The average molecular weight is 695 g/mol. The first-order valence-electron chi connectivity index (χ1n) is 16.9. The van der Waals surface area contributed by atoms with Gasteiger partial charge in [0.25, 0.3) is 11.6 Å². The van der Waals surface area contributed by atoms with Gasteiger partial charge in [-0.1, -0.05) is 51.4 Å². The summed E-state index contributed by atoms with van der Waals surface area (Å²) in [5, 5.41) is 3.62. The number of rotatable bonds is 1. The van der Waals surface area contributed by atoms with Crippen molar-refractivity contribution in [2.45, 2.75) is 111 Å². The SMILES string of the molecule is C#C[C@@H]1C[C@H]2CC/C=C/Cn3c(nc4cc(Cl)ccc4c3=O)O[C@H]3CN(C(=O)[C@H](C(C)(C)C)NC(=O)O[C@@H]2C1)[C@H](C(=O)OC(C)(C)C)[C@@H]3C. The molecule has 2 aromatic rings. The number of fused-ring (bicyclic) bond motifs is 5. The van der Waals surface area contributed by atoms with Gasteiger partial charge in [-0.25, -0.2) is 9.59 Å². The maximum Gasteiger partial charge on any atom is 0.408 e. The molecule has 12 heteroatoms. The predicted molar refractivity (Wildman–Crippen MR) is 186 cm³/mol. The maximum absolute atomic E-state index is 14.5. The molecule has 49 heavy (non-hydrogen) atoms. The minimum atomic E-state index is -1.06.